The maximum atomic E-state index is 10.00. The van der Waals surface area contributed by atoms with Gasteiger partial charge in [-0.2, -0.15) is 0 Å². The summed E-state index contributed by atoms with van der Waals surface area (Å²) < 4.78 is 0. The summed E-state index contributed by atoms with van der Waals surface area (Å²) in [6, 6.07) is 11.4. The van der Waals surface area contributed by atoms with Crippen molar-refractivity contribution >= 4 is 17.6 Å². The number of thioether (sulfide) groups is 1. The second-order valence-electron chi connectivity index (χ2n) is 3.75. The fourth-order valence-corrected chi connectivity index (χ4v) is 1.92. The molecule has 0 aliphatic heterocycles. The molecule has 1 aromatic heterocycles. The molecule has 1 atom stereocenters. The third kappa shape index (κ3) is 3.45. The maximum absolute atomic E-state index is 10.00. The standard InChI is InChI=1S/C13H15N3OS/c1-18-13-7-12(15-9-16-13)14-8-11(17)10-5-3-2-4-6-10/h2-7,9,11,17H,8H2,1H3,(H,14,15,16). The van der Waals surface area contributed by atoms with Crippen molar-refractivity contribution in [3.8, 4) is 0 Å². The van der Waals surface area contributed by atoms with Crippen molar-refractivity contribution in [1.82, 2.24) is 9.97 Å². The minimum absolute atomic E-state index is 0.425. The van der Waals surface area contributed by atoms with Crippen molar-refractivity contribution in [1.29, 1.82) is 0 Å². The van der Waals surface area contributed by atoms with Crippen LogP contribution in [0.3, 0.4) is 0 Å². The molecule has 1 heterocycles. The lowest BCUT2D eigenvalue weighted by Crippen LogP contribution is -2.13. The second-order valence-corrected chi connectivity index (χ2v) is 4.58. The molecule has 0 bridgehead atoms. The first-order valence-corrected chi connectivity index (χ1v) is 6.85. The average Bonchev–Trinajstić information content (AvgIpc) is 2.46. The van der Waals surface area contributed by atoms with Crippen molar-refractivity contribution in [2.45, 2.75) is 11.1 Å². The molecule has 2 N–H and O–H groups in total. The third-order valence-corrected chi connectivity index (χ3v) is 3.15. The Kier molecular flexibility index (Phi) is 4.55. The zero-order valence-electron chi connectivity index (χ0n) is 10.1. The minimum atomic E-state index is -0.543. The van der Waals surface area contributed by atoms with Crippen molar-refractivity contribution in [2.24, 2.45) is 0 Å². The zero-order valence-corrected chi connectivity index (χ0v) is 10.9. The Morgan fingerprint density at radius 3 is 2.78 bits per heavy atom. The molecule has 0 radical (unpaired) electrons. The topological polar surface area (TPSA) is 58.0 Å². The van der Waals surface area contributed by atoms with E-state index in [2.05, 4.69) is 15.3 Å². The Bertz CT molecular complexity index is 493. The predicted molar refractivity (Wildman–Crippen MR) is 73.7 cm³/mol. The van der Waals surface area contributed by atoms with E-state index in [1.165, 1.54) is 6.33 Å². The number of benzene rings is 1. The molecular weight excluding hydrogens is 246 g/mol. The quantitative estimate of drug-likeness (QED) is 0.639. The number of nitrogens with zero attached hydrogens (tertiary/aromatic N) is 2. The first kappa shape index (κ1) is 12.9. The normalized spacial score (nSPS) is 12.1. The summed E-state index contributed by atoms with van der Waals surface area (Å²) >= 11 is 1.56. The molecule has 2 rings (SSSR count). The van der Waals surface area contributed by atoms with Gasteiger partial charge in [0.15, 0.2) is 0 Å². The zero-order chi connectivity index (χ0) is 12.8. The van der Waals surface area contributed by atoms with Gasteiger partial charge in [0.25, 0.3) is 0 Å². The number of aliphatic hydroxyl groups excluding tert-OH is 1. The first-order chi connectivity index (χ1) is 8.79. The second kappa shape index (κ2) is 6.37. The average molecular weight is 261 g/mol. The Hall–Kier alpha value is -1.59. The van der Waals surface area contributed by atoms with Gasteiger partial charge in [-0.05, 0) is 11.8 Å². The van der Waals surface area contributed by atoms with Crippen LogP contribution in [0.4, 0.5) is 5.82 Å². The molecule has 0 amide bonds. The molecule has 0 aliphatic rings. The molecule has 1 aromatic carbocycles. The van der Waals surface area contributed by atoms with Crippen LogP contribution in [-0.2, 0) is 0 Å². The molecule has 1 unspecified atom stereocenters. The summed E-state index contributed by atoms with van der Waals surface area (Å²) in [5.74, 6) is 0.726. The van der Waals surface area contributed by atoms with Crippen LogP contribution in [0.1, 0.15) is 11.7 Å². The fraction of sp³-hybridized carbons (Fsp3) is 0.231. The summed E-state index contributed by atoms with van der Waals surface area (Å²) in [6.45, 7) is 0.425. The number of rotatable bonds is 5. The highest BCUT2D eigenvalue weighted by atomic mass is 32.2. The lowest BCUT2D eigenvalue weighted by atomic mass is 10.1. The Balaban J connectivity index is 1.95. The number of nitrogens with one attached hydrogen (secondary N) is 1. The Morgan fingerprint density at radius 2 is 2.06 bits per heavy atom. The van der Waals surface area contributed by atoms with E-state index in [1.807, 2.05) is 42.7 Å². The van der Waals surface area contributed by atoms with E-state index in [-0.39, 0.29) is 0 Å². The predicted octanol–water partition coefficient (Wildman–Crippen LogP) is 2.34. The largest absolute Gasteiger partial charge is 0.387 e. The van der Waals surface area contributed by atoms with Crippen molar-refractivity contribution in [3.05, 3.63) is 48.3 Å². The van der Waals surface area contributed by atoms with Crippen LogP contribution in [0.15, 0.2) is 47.8 Å². The Labute approximate surface area is 110 Å². The smallest absolute Gasteiger partial charge is 0.130 e. The van der Waals surface area contributed by atoms with E-state index in [9.17, 15) is 5.11 Å². The highest BCUT2D eigenvalue weighted by Crippen LogP contribution is 2.16. The molecule has 0 fully saturated rings. The first-order valence-electron chi connectivity index (χ1n) is 5.62. The van der Waals surface area contributed by atoms with Crippen LogP contribution in [-0.4, -0.2) is 27.9 Å². The van der Waals surface area contributed by atoms with Gasteiger partial charge in [-0.3, -0.25) is 0 Å². The van der Waals surface area contributed by atoms with Gasteiger partial charge in [0.2, 0.25) is 0 Å². The molecule has 0 saturated heterocycles. The molecule has 0 aliphatic carbocycles. The fourth-order valence-electron chi connectivity index (χ4n) is 1.54. The lowest BCUT2D eigenvalue weighted by Gasteiger charge is -2.12. The van der Waals surface area contributed by atoms with Crippen molar-refractivity contribution < 1.29 is 5.11 Å². The van der Waals surface area contributed by atoms with Crippen LogP contribution >= 0.6 is 11.8 Å². The van der Waals surface area contributed by atoms with Gasteiger partial charge in [-0.25, -0.2) is 9.97 Å². The molecule has 18 heavy (non-hydrogen) atoms. The van der Waals surface area contributed by atoms with E-state index in [4.69, 9.17) is 0 Å². The van der Waals surface area contributed by atoms with E-state index in [0.717, 1.165) is 16.4 Å². The van der Waals surface area contributed by atoms with Gasteiger partial charge in [-0.1, -0.05) is 30.3 Å². The van der Waals surface area contributed by atoms with Crippen molar-refractivity contribution in [2.75, 3.05) is 18.1 Å². The van der Waals surface area contributed by atoms with Gasteiger partial charge in [0.1, 0.15) is 17.2 Å². The molecule has 94 valence electrons. The van der Waals surface area contributed by atoms with Crippen LogP contribution in [0.5, 0.6) is 0 Å². The number of aromatic nitrogens is 2. The van der Waals surface area contributed by atoms with Gasteiger partial charge >= 0.3 is 0 Å². The molecule has 0 spiro atoms. The van der Waals surface area contributed by atoms with Gasteiger partial charge < -0.3 is 10.4 Å². The van der Waals surface area contributed by atoms with Crippen LogP contribution < -0.4 is 5.32 Å². The number of aliphatic hydroxyl groups is 1. The molecule has 4 nitrogen and oxygen atoms in total. The summed E-state index contributed by atoms with van der Waals surface area (Å²) in [5, 5.41) is 14.0. The van der Waals surface area contributed by atoms with E-state index < -0.39 is 6.10 Å². The summed E-state index contributed by atoms with van der Waals surface area (Å²) in [6.07, 6.45) is 2.94. The monoisotopic (exact) mass is 261 g/mol. The highest BCUT2D eigenvalue weighted by molar-refractivity contribution is 7.98. The van der Waals surface area contributed by atoms with Gasteiger partial charge in [0.05, 0.1) is 6.10 Å². The summed E-state index contributed by atoms with van der Waals surface area (Å²) in [5.41, 5.74) is 0.893. The minimum Gasteiger partial charge on any atom is -0.387 e. The van der Waals surface area contributed by atoms with Crippen LogP contribution in [0, 0.1) is 0 Å². The molecule has 2 aromatic rings. The third-order valence-electron chi connectivity index (χ3n) is 2.51. The van der Waals surface area contributed by atoms with Gasteiger partial charge in [-0.15, -0.1) is 11.8 Å². The molecular formula is C13H15N3OS. The highest BCUT2D eigenvalue weighted by Gasteiger charge is 2.06. The maximum Gasteiger partial charge on any atom is 0.130 e. The van der Waals surface area contributed by atoms with E-state index in [0.29, 0.717) is 6.54 Å². The number of hydrogen-bond acceptors (Lipinski definition) is 5. The number of hydrogen-bond donors (Lipinski definition) is 2. The summed E-state index contributed by atoms with van der Waals surface area (Å²) in [7, 11) is 0. The van der Waals surface area contributed by atoms with Gasteiger partial charge in [0, 0.05) is 12.6 Å². The number of anilines is 1. The Morgan fingerprint density at radius 1 is 1.28 bits per heavy atom. The van der Waals surface area contributed by atoms with Crippen LogP contribution in [0.25, 0.3) is 0 Å². The molecule has 5 heteroatoms. The van der Waals surface area contributed by atoms with Crippen LogP contribution in [0.2, 0.25) is 0 Å². The van der Waals surface area contributed by atoms with E-state index in [1.54, 1.807) is 11.8 Å². The summed E-state index contributed by atoms with van der Waals surface area (Å²) in [4.78, 5) is 8.20. The lowest BCUT2D eigenvalue weighted by molar-refractivity contribution is 0.191. The van der Waals surface area contributed by atoms with Crippen molar-refractivity contribution in [3.63, 3.8) is 0 Å². The SMILES string of the molecule is CSc1cc(NCC(O)c2ccccc2)ncn1. The molecule has 0 saturated carbocycles. The van der Waals surface area contributed by atoms with E-state index >= 15 is 0 Å².